The van der Waals surface area contributed by atoms with E-state index in [0.717, 1.165) is 16.1 Å². The van der Waals surface area contributed by atoms with Crippen LogP contribution in [0.4, 0.5) is 0 Å². The van der Waals surface area contributed by atoms with E-state index in [1.165, 1.54) is 80.8 Å². The van der Waals surface area contributed by atoms with Crippen molar-refractivity contribution >= 4 is 74.4 Å². The molecule has 556 valence electrons. The number of aliphatic hydroxyl groups excluding tert-OH is 1. The number of hydrogen-bond acceptors (Lipinski definition) is 16. The molecule has 0 aromatic heterocycles. The fourth-order valence-corrected chi connectivity index (χ4v) is 14.9. The number of aliphatic hydroxyl groups is 1. The molecule has 2 rings (SSSR count). The van der Waals surface area contributed by atoms with E-state index in [0.29, 0.717) is 39.3 Å². The van der Waals surface area contributed by atoms with Gasteiger partial charge in [-0.15, -0.1) is 0 Å². The van der Waals surface area contributed by atoms with Gasteiger partial charge < -0.3 is 49.5 Å². The van der Waals surface area contributed by atoms with E-state index in [-0.39, 0.29) is 69.1 Å². The number of nitrogens with one attached hydrogen (secondary N) is 1. The minimum Gasteiger partial charge on any atom is -0.390 e. The first-order valence-electron chi connectivity index (χ1n) is 35.4. The van der Waals surface area contributed by atoms with Crippen molar-refractivity contribution in [2.45, 2.75) is 229 Å². The average Bonchev–Trinajstić information content (AvgIpc) is 0.808. The number of sulfone groups is 1. The zero-order valence-corrected chi connectivity index (χ0v) is 64.4. The molecule has 0 saturated carbocycles. The first-order valence-corrected chi connectivity index (χ1v) is 37.5. The molecule has 2 N–H and O–H groups in total. The Hall–Kier alpha value is -5.66. The zero-order valence-electron chi connectivity index (χ0n) is 63.6. The second-order valence-electron chi connectivity index (χ2n) is 30.2. The third-order valence-electron chi connectivity index (χ3n) is 19.7. The first kappa shape index (κ1) is 87.4. The molecule has 0 aliphatic carbocycles. The number of allylic oxidation sites excluding steroid dienone is 2. The van der Waals surface area contributed by atoms with Gasteiger partial charge in [0, 0.05) is 106 Å². The lowest BCUT2D eigenvalue weighted by atomic mass is 9.83. The van der Waals surface area contributed by atoms with Gasteiger partial charge in [-0.05, 0) is 99.8 Å². The normalized spacial score (nSPS) is 27.7. The highest BCUT2D eigenvalue weighted by atomic mass is 32.2. The number of carbonyl (C=O) groups is 11. The van der Waals surface area contributed by atoms with Crippen molar-refractivity contribution in [3.8, 4) is 0 Å². The number of morpholine rings is 1. The van der Waals surface area contributed by atoms with Gasteiger partial charge in [0.15, 0.2) is 11.6 Å². The van der Waals surface area contributed by atoms with Gasteiger partial charge in [-0.2, -0.15) is 0 Å². The molecule has 0 radical (unpaired) electrons. The second-order valence-corrected chi connectivity index (χ2v) is 32.4. The van der Waals surface area contributed by atoms with Crippen molar-refractivity contribution in [2.24, 2.45) is 59.2 Å². The summed E-state index contributed by atoms with van der Waals surface area (Å²) >= 11 is 0. The lowest BCUT2D eigenvalue weighted by Crippen LogP contribution is -2.64. The number of ketones is 3. The van der Waals surface area contributed by atoms with Crippen molar-refractivity contribution in [3.05, 3.63) is 12.2 Å². The summed E-state index contributed by atoms with van der Waals surface area (Å²) in [4.78, 5) is 177. The molecule has 0 aromatic rings. The SMILES string of the molecule is C/C=C/C[C@@H](C)[C@@H](O)[C@H]1C(=O)N[C@@H](CC)C(=O)N(C)[C@H](CCCN2CCOCC2)C(=O)N(C)[C@@H]([C@H](C)CS(C)(=O)=O)C(=O)C[C@@H](C(C)C)C(=O)N(C)[C@@H](CC(C)C)C(=O)C[C@@H](C)C(=O)C[C@H](C)C(=O)N(C)[C@@H](CC(C)C)C(=O)N(C)[C@@H](CC(C)C)C(=O)N(C)[C@@H](C(C)C)C(=O)N1C. The molecule has 25 heteroatoms. The molecule has 2 saturated heterocycles. The molecule has 2 aliphatic heterocycles. The van der Waals surface area contributed by atoms with Crippen LogP contribution < -0.4 is 5.32 Å². The smallest absolute Gasteiger partial charge is 0.246 e. The number of rotatable bonds is 20. The maximum absolute atomic E-state index is 15.6. The van der Waals surface area contributed by atoms with Gasteiger partial charge in [-0.1, -0.05) is 116 Å². The van der Waals surface area contributed by atoms with E-state index in [1.807, 2.05) is 41.5 Å². The molecule has 14 atom stereocenters. The van der Waals surface area contributed by atoms with Crippen LogP contribution in [-0.4, -0.2) is 266 Å². The fraction of sp³-hybridized carbons (Fsp3) is 0.819. The van der Waals surface area contributed by atoms with Crippen LogP contribution in [0.2, 0.25) is 0 Å². The molecule has 0 aromatic carbocycles. The summed E-state index contributed by atoms with van der Waals surface area (Å²) in [6.45, 7) is 30.8. The Morgan fingerprint density at radius 2 is 0.990 bits per heavy atom. The van der Waals surface area contributed by atoms with E-state index in [1.54, 1.807) is 74.5 Å². The number of carbonyl (C=O) groups excluding carboxylic acids is 11. The third kappa shape index (κ3) is 25.2. The molecule has 0 spiro atoms. The molecule has 8 amide bonds. The Morgan fingerprint density at radius 3 is 1.47 bits per heavy atom. The number of hydrogen-bond donors (Lipinski definition) is 2. The van der Waals surface area contributed by atoms with Crippen molar-refractivity contribution in [3.63, 3.8) is 0 Å². The Balaban J connectivity index is 3.17. The van der Waals surface area contributed by atoms with Gasteiger partial charge in [0.2, 0.25) is 47.3 Å². The number of nitrogens with zero attached hydrogens (tertiary/aromatic N) is 8. The maximum atomic E-state index is 15.6. The Bertz CT molecular complexity index is 2810. The van der Waals surface area contributed by atoms with E-state index in [4.69, 9.17) is 4.74 Å². The van der Waals surface area contributed by atoms with E-state index in [9.17, 15) is 27.9 Å². The number of likely N-dealkylation sites (N-methyl/N-ethyl adjacent to an activating group) is 7. The summed E-state index contributed by atoms with van der Waals surface area (Å²) in [6, 6.07) is -10.5. The van der Waals surface area contributed by atoms with Crippen LogP contribution in [0.25, 0.3) is 0 Å². The summed E-state index contributed by atoms with van der Waals surface area (Å²) in [6.07, 6.45) is 3.12. The van der Waals surface area contributed by atoms with Crippen LogP contribution in [0.1, 0.15) is 175 Å². The topological polar surface area (TPSA) is 289 Å². The number of amides is 8. The molecule has 97 heavy (non-hydrogen) atoms. The molecule has 2 heterocycles. The largest absolute Gasteiger partial charge is 0.390 e. The van der Waals surface area contributed by atoms with Crippen molar-refractivity contribution in [1.29, 1.82) is 0 Å². The third-order valence-corrected chi connectivity index (χ3v) is 20.8. The van der Waals surface area contributed by atoms with Crippen LogP contribution in [-0.2, 0) is 67.3 Å². The molecule has 24 nitrogen and oxygen atoms in total. The number of ether oxygens (including phenoxy) is 1. The van der Waals surface area contributed by atoms with Crippen molar-refractivity contribution in [2.75, 3.05) is 94.2 Å². The summed E-state index contributed by atoms with van der Waals surface area (Å²) in [7, 11) is 6.19. The average molecular weight is 1390 g/mol. The van der Waals surface area contributed by atoms with Gasteiger partial charge in [-0.3, -0.25) is 57.6 Å². The van der Waals surface area contributed by atoms with Gasteiger partial charge in [0.05, 0.1) is 37.2 Å². The second kappa shape index (κ2) is 40.0. The predicted octanol–water partition coefficient (Wildman–Crippen LogP) is 5.66. The Kier molecular flexibility index (Phi) is 36.0. The van der Waals surface area contributed by atoms with Gasteiger partial charge in [0.25, 0.3) is 0 Å². The van der Waals surface area contributed by atoms with E-state index >= 15 is 38.4 Å². The lowest BCUT2D eigenvalue weighted by Gasteiger charge is -2.41. The lowest BCUT2D eigenvalue weighted by molar-refractivity contribution is -0.157. The Labute approximate surface area is 582 Å². The number of Topliss-reactive ketones (excluding diaryl/α,β-unsaturated/α-hetero) is 3. The first-order chi connectivity index (χ1) is 44.9. The Morgan fingerprint density at radius 1 is 0.536 bits per heavy atom. The molecule has 2 fully saturated rings. The predicted molar refractivity (Wildman–Crippen MR) is 377 cm³/mol. The van der Waals surface area contributed by atoms with Gasteiger partial charge in [-0.25, -0.2) is 8.42 Å². The summed E-state index contributed by atoms with van der Waals surface area (Å²) in [5.74, 6) is -13.6. The van der Waals surface area contributed by atoms with Crippen LogP contribution in [0.3, 0.4) is 0 Å². The van der Waals surface area contributed by atoms with Gasteiger partial charge >= 0.3 is 0 Å². The maximum Gasteiger partial charge on any atom is 0.246 e. The fourth-order valence-electron chi connectivity index (χ4n) is 13.7. The van der Waals surface area contributed by atoms with Crippen LogP contribution in [0.15, 0.2) is 12.2 Å². The standard InChI is InChI=1S/C72H127N9O15S/c1-25-27-29-48(13)64(85)63-65(86)73-53(26-2)68(89)74(17)54(30-28-31-81-32-34-96-35-33-81)69(90)79(22)62(51(16)42-97(24,94)95)60(84)41-52(46(9)10)67(88)75(18)55(36-43(3)4)59(83)39-49(14)58(82)40-50(15)66(87)76(19)56(37-44(5)6)70(91)77(20)57(38-45(7)8)71(92)78(21)61(47(11)12)72(93)80(63)23/h25,27,43-57,61-64,85H,26,28-42H2,1-24H3,(H,73,86)/b27-25+/t48-,49-,50+,51-,52+,53+,54-,55+,56+,57+,61+,62+,63+,64-/m1/s1. The highest BCUT2D eigenvalue weighted by Crippen LogP contribution is 2.30. The van der Waals surface area contributed by atoms with E-state index in [2.05, 4.69) is 10.2 Å². The molecular formula is C72H127N9O15S. The van der Waals surface area contributed by atoms with E-state index < -0.39 is 182 Å². The molecule has 2 aliphatic rings. The molecular weight excluding hydrogens is 1260 g/mol. The highest BCUT2D eigenvalue weighted by Gasteiger charge is 2.47. The summed E-state index contributed by atoms with van der Waals surface area (Å²) < 4.78 is 31.9. The van der Waals surface area contributed by atoms with Gasteiger partial charge in [0.1, 0.15) is 51.9 Å². The van der Waals surface area contributed by atoms with Crippen LogP contribution in [0, 0.1) is 59.2 Å². The monoisotopic (exact) mass is 1390 g/mol. The van der Waals surface area contributed by atoms with Crippen molar-refractivity contribution in [1.82, 2.24) is 44.5 Å². The summed E-state index contributed by atoms with van der Waals surface area (Å²) in [5.41, 5.74) is 0. The summed E-state index contributed by atoms with van der Waals surface area (Å²) in [5, 5.41) is 15.2. The minimum atomic E-state index is -3.81. The van der Waals surface area contributed by atoms with Crippen LogP contribution >= 0.6 is 0 Å². The van der Waals surface area contributed by atoms with Crippen LogP contribution in [0.5, 0.6) is 0 Å². The minimum absolute atomic E-state index is 0.0421. The highest BCUT2D eigenvalue weighted by molar-refractivity contribution is 7.90. The quantitative estimate of drug-likeness (QED) is 0.139. The molecule has 0 bridgehead atoms. The molecule has 0 unspecified atom stereocenters. The van der Waals surface area contributed by atoms with Crippen molar-refractivity contribution < 1.29 is 71.0 Å². The zero-order chi connectivity index (χ0) is 74.6.